The minimum atomic E-state index is 0.0737. The van der Waals surface area contributed by atoms with Crippen LogP contribution in [0.3, 0.4) is 0 Å². The van der Waals surface area contributed by atoms with Crippen molar-refractivity contribution in [1.82, 2.24) is 10.2 Å². The Labute approximate surface area is 94.2 Å². The molecule has 15 heavy (non-hydrogen) atoms. The lowest BCUT2D eigenvalue weighted by atomic mass is 9.94. The summed E-state index contributed by atoms with van der Waals surface area (Å²) >= 11 is 0. The van der Waals surface area contributed by atoms with E-state index >= 15 is 0 Å². The third-order valence-corrected chi connectivity index (χ3v) is 3.61. The molecule has 0 saturated carbocycles. The van der Waals surface area contributed by atoms with Crippen LogP contribution in [0.15, 0.2) is 0 Å². The van der Waals surface area contributed by atoms with Gasteiger partial charge in [0.2, 0.25) is 0 Å². The molecule has 0 aromatic heterocycles. The number of nitrogens with one attached hydrogen (secondary N) is 1. The van der Waals surface area contributed by atoms with Gasteiger partial charge in [-0.2, -0.15) is 0 Å². The lowest BCUT2D eigenvalue weighted by Crippen LogP contribution is -2.51. The first-order valence-corrected chi connectivity index (χ1v) is 6.08. The maximum absolute atomic E-state index is 5.60. The van der Waals surface area contributed by atoms with Crippen LogP contribution in [0.2, 0.25) is 0 Å². The SMILES string of the molecule is CCC(CN1CCCC(C)(OC)C1)NC. The maximum Gasteiger partial charge on any atom is 0.0777 e. The van der Waals surface area contributed by atoms with Crippen molar-refractivity contribution in [2.45, 2.75) is 44.8 Å². The quantitative estimate of drug-likeness (QED) is 0.750. The Balaban J connectivity index is 2.42. The highest BCUT2D eigenvalue weighted by Crippen LogP contribution is 2.23. The van der Waals surface area contributed by atoms with Crippen LogP contribution in [0.4, 0.5) is 0 Å². The Hall–Kier alpha value is -0.120. The Bertz CT molecular complexity index is 182. The first-order chi connectivity index (χ1) is 7.13. The number of likely N-dealkylation sites (N-methyl/N-ethyl adjacent to an activating group) is 1. The molecule has 2 atom stereocenters. The van der Waals surface area contributed by atoms with Gasteiger partial charge in [0.05, 0.1) is 5.60 Å². The van der Waals surface area contributed by atoms with Crippen LogP contribution in [0.25, 0.3) is 0 Å². The van der Waals surface area contributed by atoms with Crippen molar-refractivity contribution in [2.75, 3.05) is 33.8 Å². The molecule has 2 unspecified atom stereocenters. The van der Waals surface area contributed by atoms with Gasteiger partial charge in [0, 0.05) is 26.2 Å². The molecule has 1 saturated heterocycles. The largest absolute Gasteiger partial charge is 0.377 e. The topological polar surface area (TPSA) is 24.5 Å². The van der Waals surface area contributed by atoms with E-state index in [1.165, 1.54) is 25.8 Å². The van der Waals surface area contributed by atoms with Gasteiger partial charge < -0.3 is 10.1 Å². The van der Waals surface area contributed by atoms with Crippen molar-refractivity contribution < 1.29 is 4.74 Å². The Morgan fingerprint density at radius 2 is 2.27 bits per heavy atom. The zero-order chi connectivity index (χ0) is 11.3. The lowest BCUT2D eigenvalue weighted by molar-refractivity contribution is -0.0522. The normalized spacial score (nSPS) is 30.4. The molecule has 3 nitrogen and oxygen atoms in total. The number of hydrogen-bond acceptors (Lipinski definition) is 3. The predicted octanol–water partition coefficient (Wildman–Crippen LogP) is 1.49. The van der Waals surface area contributed by atoms with Crippen molar-refractivity contribution in [3.05, 3.63) is 0 Å². The summed E-state index contributed by atoms with van der Waals surface area (Å²) in [5.74, 6) is 0. The van der Waals surface area contributed by atoms with E-state index in [0.717, 1.165) is 13.1 Å². The average molecular weight is 214 g/mol. The highest BCUT2D eigenvalue weighted by molar-refractivity contribution is 4.86. The van der Waals surface area contributed by atoms with E-state index in [-0.39, 0.29) is 5.60 Å². The summed E-state index contributed by atoms with van der Waals surface area (Å²) in [4.78, 5) is 2.53. The molecule has 0 radical (unpaired) electrons. The van der Waals surface area contributed by atoms with E-state index in [0.29, 0.717) is 6.04 Å². The smallest absolute Gasteiger partial charge is 0.0777 e. The number of piperidine rings is 1. The van der Waals surface area contributed by atoms with Crippen LogP contribution in [-0.2, 0) is 4.74 Å². The van der Waals surface area contributed by atoms with E-state index < -0.39 is 0 Å². The first-order valence-electron chi connectivity index (χ1n) is 6.08. The van der Waals surface area contributed by atoms with Crippen LogP contribution < -0.4 is 5.32 Å². The molecule has 1 rings (SSSR count). The molecule has 0 aliphatic carbocycles. The summed E-state index contributed by atoms with van der Waals surface area (Å²) in [5.41, 5.74) is 0.0737. The number of methoxy groups -OCH3 is 1. The van der Waals surface area contributed by atoms with Gasteiger partial charge in [0.25, 0.3) is 0 Å². The fraction of sp³-hybridized carbons (Fsp3) is 1.00. The summed E-state index contributed by atoms with van der Waals surface area (Å²) in [5, 5.41) is 3.36. The summed E-state index contributed by atoms with van der Waals surface area (Å²) in [6, 6.07) is 0.615. The summed E-state index contributed by atoms with van der Waals surface area (Å²) in [6.45, 7) is 7.89. The molecule has 1 aliphatic rings. The number of ether oxygens (including phenoxy) is 1. The maximum atomic E-state index is 5.60. The molecular weight excluding hydrogens is 188 g/mol. The molecule has 1 heterocycles. The van der Waals surface area contributed by atoms with Crippen LogP contribution in [0.5, 0.6) is 0 Å². The van der Waals surface area contributed by atoms with Crippen LogP contribution in [0.1, 0.15) is 33.1 Å². The van der Waals surface area contributed by atoms with Crippen LogP contribution >= 0.6 is 0 Å². The van der Waals surface area contributed by atoms with Crippen LogP contribution in [-0.4, -0.2) is 50.3 Å². The first kappa shape index (κ1) is 12.9. The molecule has 1 N–H and O–H groups in total. The molecule has 0 bridgehead atoms. The van der Waals surface area contributed by atoms with Crippen molar-refractivity contribution in [3.8, 4) is 0 Å². The van der Waals surface area contributed by atoms with Gasteiger partial charge in [0.1, 0.15) is 0 Å². The second-order valence-corrected chi connectivity index (χ2v) is 4.89. The molecule has 0 amide bonds. The second kappa shape index (κ2) is 5.83. The van der Waals surface area contributed by atoms with Crippen LogP contribution in [0, 0.1) is 0 Å². The molecule has 1 aliphatic heterocycles. The number of hydrogen-bond donors (Lipinski definition) is 1. The number of rotatable bonds is 5. The van der Waals surface area contributed by atoms with Gasteiger partial charge in [-0.3, -0.25) is 4.90 Å². The molecule has 0 aromatic rings. The van der Waals surface area contributed by atoms with E-state index in [2.05, 4.69) is 24.1 Å². The van der Waals surface area contributed by atoms with Crippen molar-refractivity contribution in [2.24, 2.45) is 0 Å². The molecule has 3 heteroatoms. The Morgan fingerprint density at radius 3 is 2.80 bits per heavy atom. The summed E-state index contributed by atoms with van der Waals surface area (Å²) in [7, 11) is 3.88. The average Bonchev–Trinajstić information content (AvgIpc) is 2.26. The van der Waals surface area contributed by atoms with E-state index in [9.17, 15) is 0 Å². The minimum absolute atomic E-state index is 0.0737. The molecular formula is C12H26N2O. The van der Waals surface area contributed by atoms with Crippen molar-refractivity contribution in [1.29, 1.82) is 0 Å². The fourth-order valence-electron chi connectivity index (χ4n) is 2.37. The fourth-order valence-corrected chi connectivity index (χ4v) is 2.37. The van der Waals surface area contributed by atoms with Gasteiger partial charge in [-0.05, 0) is 39.8 Å². The zero-order valence-corrected chi connectivity index (χ0v) is 10.7. The highest BCUT2D eigenvalue weighted by atomic mass is 16.5. The van der Waals surface area contributed by atoms with Crippen molar-refractivity contribution >= 4 is 0 Å². The summed E-state index contributed by atoms with van der Waals surface area (Å²) < 4.78 is 5.60. The standard InChI is InChI=1S/C12H26N2O/c1-5-11(13-3)9-14-8-6-7-12(2,10-14)15-4/h11,13H,5-10H2,1-4H3. The van der Waals surface area contributed by atoms with Gasteiger partial charge in [0.15, 0.2) is 0 Å². The minimum Gasteiger partial charge on any atom is -0.377 e. The molecule has 90 valence electrons. The van der Waals surface area contributed by atoms with Gasteiger partial charge in [-0.25, -0.2) is 0 Å². The monoisotopic (exact) mass is 214 g/mol. The number of likely N-dealkylation sites (tertiary alicyclic amines) is 1. The predicted molar refractivity (Wildman–Crippen MR) is 64.2 cm³/mol. The Morgan fingerprint density at radius 1 is 1.53 bits per heavy atom. The summed E-state index contributed by atoms with van der Waals surface area (Å²) in [6.07, 6.45) is 3.64. The highest BCUT2D eigenvalue weighted by Gasteiger charge is 2.31. The third kappa shape index (κ3) is 3.74. The Kier molecular flexibility index (Phi) is 5.03. The van der Waals surface area contributed by atoms with E-state index in [1.807, 2.05) is 14.2 Å². The van der Waals surface area contributed by atoms with E-state index in [1.54, 1.807) is 0 Å². The molecule has 0 spiro atoms. The molecule has 1 fully saturated rings. The number of nitrogens with zero attached hydrogens (tertiary/aromatic N) is 1. The van der Waals surface area contributed by atoms with Gasteiger partial charge in [-0.1, -0.05) is 6.92 Å². The second-order valence-electron chi connectivity index (χ2n) is 4.89. The molecule has 0 aromatic carbocycles. The van der Waals surface area contributed by atoms with Gasteiger partial charge >= 0.3 is 0 Å². The van der Waals surface area contributed by atoms with E-state index in [4.69, 9.17) is 4.74 Å². The zero-order valence-electron chi connectivity index (χ0n) is 10.7. The third-order valence-electron chi connectivity index (χ3n) is 3.61. The van der Waals surface area contributed by atoms with Gasteiger partial charge in [-0.15, -0.1) is 0 Å². The van der Waals surface area contributed by atoms with Crippen molar-refractivity contribution in [3.63, 3.8) is 0 Å². The lowest BCUT2D eigenvalue weighted by Gasteiger charge is -2.40.